The zero-order valence-electron chi connectivity index (χ0n) is 18.5. The fourth-order valence-corrected chi connectivity index (χ4v) is 6.56. The molecule has 3 aliphatic heterocycles. The highest BCUT2D eigenvalue weighted by atomic mass is 16.2. The molecule has 3 saturated heterocycles. The monoisotopic (exact) mass is 429 g/mol. The minimum Gasteiger partial charge on any atom is -0.332 e. The molecule has 1 N–H and O–H groups in total. The van der Waals surface area contributed by atoms with Crippen molar-refractivity contribution in [2.75, 3.05) is 25.0 Å². The number of benzene rings is 1. The first kappa shape index (κ1) is 19.9. The summed E-state index contributed by atoms with van der Waals surface area (Å²) in [5.41, 5.74) is 3.19. The molecule has 0 saturated carbocycles. The van der Waals surface area contributed by atoms with Gasteiger partial charge in [0.15, 0.2) is 0 Å². The van der Waals surface area contributed by atoms with E-state index in [9.17, 15) is 4.79 Å². The van der Waals surface area contributed by atoms with E-state index in [4.69, 9.17) is 0 Å². The van der Waals surface area contributed by atoms with E-state index in [1.807, 2.05) is 24.3 Å². The third-order valence-corrected chi connectivity index (χ3v) is 7.87. The minimum atomic E-state index is 0.169. The Morgan fingerprint density at radius 3 is 2.72 bits per heavy atom. The molecule has 1 aromatic heterocycles. The third-order valence-electron chi connectivity index (χ3n) is 7.87. The summed E-state index contributed by atoms with van der Waals surface area (Å²) in [5, 5.41) is 3.19. The normalized spacial score (nSPS) is 29.5. The molecule has 166 valence electrons. The molecule has 6 rings (SSSR count). The highest BCUT2D eigenvalue weighted by molar-refractivity contribution is 5.95. The van der Waals surface area contributed by atoms with E-state index in [0.29, 0.717) is 17.8 Å². The third kappa shape index (κ3) is 3.60. The molecule has 4 heterocycles. The number of hydrogen-bond acceptors (Lipinski definition) is 5. The fraction of sp³-hybridized carbons (Fsp3) is 0.500. The Morgan fingerprint density at radius 1 is 1.03 bits per heavy atom. The molecule has 2 unspecified atom stereocenters. The Balaban J connectivity index is 1.22. The van der Waals surface area contributed by atoms with E-state index in [2.05, 4.69) is 31.2 Å². The van der Waals surface area contributed by atoms with E-state index in [1.165, 1.54) is 37.8 Å². The number of carbonyl (C=O) groups is 1. The highest BCUT2D eigenvalue weighted by Gasteiger charge is 2.46. The Morgan fingerprint density at radius 2 is 1.88 bits per heavy atom. The van der Waals surface area contributed by atoms with Crippen molar-refractivity contribution in [2.45, 2.75) is 50.6 Å². The Hall–Kier alpha value is -2.73. The van der Waals surface area contributed by atoms with Crippen LogP contribution in [0.5, 0.6) is 0 Å². The van der Waals surface area contributed by atoms with Crippen LogP contribution < -0.4 is 5.32 Å². The number of piperidine rings is 3. The smallest absolute Gasteiger partial charge is 0.254 e. The summed E-state index contributed by atoms with van der Waals surface area (Å²) in [7, 11) is 0. The van der Waals surface area contributed by atoms with Gasteiger partial charge in [-0.15, -0.1) is 0 Å². The van der Waals surface area contributed by atoms with Crippen LogP contribution in [0.1, 0.15) is 48.9 Å². The number of likely N-dealkylation sites (tertiary alicyclic amines) is 1. The zero-order valence-corrected chi connectivity index (χ0v) is 18.5. The maximum absolute atomic E-state index is 13.6. The van der Waals surface area contributed by atoms with E-state index in [-0.39, 0.29) is 11.9 Å². The van der Waals surface area contributed by atoms with E-state index >= 15 is 0 Å². The van der Waals surface area contributed by atoms with Gasteiger partial charge in [-0.1, -0.05) is 18.1 Å². The van der Waals surface area contributed by atoms with Crippen LogP contribution in [0.15, 0.2) is 54.4 Å². The van der Waals surface area contributed by atoms with Gasteiger partial charge in [0, 0.05) is 42.8 Å². The number of amides is 1. The average Bonchev–Trinajstić information content (AvgIpc) is 2.84. The fourth-order valence-electron chi connectivity index (χ4n) is 6.56. The maximum atomic E-state index is 13.6. The highest BCUT2D eigenvalue weighted by Crippen LogP contribution is 2.45. The van der Waals surface area contributed by atoms with Crippen molar-refractivity contribution in [1.82, 2.24) is 19.8 Å². The lowest BCUT2D eigenvalue weighted by Crippen LogP contribution is -2.60. The van der Waals surface area contributed by atoms with Crippen molar-refractivity contribution in [3.8, 4) is 0 Å². The van der Waals surface area contributed by atoms with E-state index < -0.39 is 0 Å². The number of nitrogens with zero attached hydrogens (tertiary/aromatic N) is 4. The Labute approximate surface area is 189 Å². The first-order valence-corrected chi connectivity index (χ1v) is 12.2. The topological polar surface area (TPSA) is 61.4 Å². The second-order valence-corrected chi connectivity index (χ2v) is 9.78. The molecule has 1 aliphatic carbocycles. The zero-order chi connectivity index (χ0) is 21.5. The van der Waals surface area contributed by atoms with Gasteiger partial charge in [-0.05, 0) is 80.8 Å². The number of anilines is 2. The molecule has 3 fully saturated rings. The molecule has 4 atom stereocenters. The van der Waals surface area contributed by atoms with Crippen molar-refractivity contribution >= 4 is 17.5 Å². The molecule has 0 radical (unpaired) electrons. The molecule has 2 aromatic rings. The lowest BCUT2D eigenvalue weighted by atomic mass is 9.68. The standard InChI is InChI=1S/C26H31N5O/c32-25(18-7-9-22(10-8-18)29-26-27-11-4-12-28-26)31-14-3-5-19-15-20-16-21(24(19)31)17-30-13-2-1-6-23(20)30/h4,7-12,15,20-21,23-24H,1-3,5-6,13-14,16-17H2,(H,27,28,29)/t20?,21?,23-,24-/m1/s1. The van der Waals surface area contributed by atoms with Gasteiger partial charge in [0.2, 0.25) is 5.95 Å². The number of fused-ring (bicyclic) bond motifs is 6. The van der Waals surface area contributed by atoms with Crippen LogP contribution in [0.3, 0.4) is 0 Å². The lowest BCUT2D eigenvalue weighted by Gasteiger charge is -2.54. The lowest BCUT2D eigenvalue weighted by molar-refractivity contribution is 0.00148. The molecule has 6 nitrogen and oxygen atoms in total. The van der Waals surface area contributed by atoms with Crippen LogP contribution >= 0.6 is 0 Å². The largest absolute Gasteiger partial charge is 0.332 e. The summed E-state index contributed by atoms with van der Waals surface area (Å²) in [4.78, 5) is 26.9. The summed E-state index contributed by atoms with van der Waals surface area (Å²) < 4.78 is 0. The van der Waals surface area contributed by atoms with Gasteiger partial charge < -0.3 is 10.2 Å². The predicted octanol–water partition coefficient (Wildman–Crippen LogP) is 4.26. The van der Waals surface area contributed by atoms with Gasteiger partial charge in [0.05, 0.1) is 6.04 Å². The molecule has 2 bridgehead atoms. The van der Waals surface area contributed by atoms with E-state index in [1.54, 1.807) is 18.5 Å². The maximum Gasteiger partial charge on any atom is 0.254 e. The second-order valence-electron chi connectivity index (χ2n) is 9.78. The van der Waals surface area contributed by atoms with Crippen molar-refractivity contribution < 1.29 is 4.79 Å². The minimum absolute atomic E-state index is 0.169. The summed E-state index contributed by atoms with van der Waals surface area (Å²) in [6.45, 7) is 3.26. The summed E-state index contributed by atoms with van der Waals surface area (Å²) in [5.74, 6) is 2.00. The number of rotatable bonds is 3. The van der Waals surface area contributed by atoms with Gasteiger partial charge in [0.25, 0.3) is 5.91 Å². The van der Waals surface area contributed by atoms with Gasteiger partial charge in [-0.2, -0.15) is 0 Å². The first-order valence-electron chi connectivity index (χ1n) is 12.2. The summed E-state index contributed by atoms with van der Waals surface area (Å²) in [6.07, 6.45) is 13.5. The quantitative estimate of drug-likeness (QED) is 0.739. The molecule has 32 heavy (non-hydrogen) atoms. The van der Waals surface area contributed by atoms with Crippen molar-refractivity contribution in [2.24, 2.45) is 11.8 Å². The molecule has 1 aromatic carbocycles. The molecule has 0 spiro atoms. The van der Waals surface area contributed by atoms with Crippen LogP contribution in [0.4, 0.5) is 11.6 Å². The van der Waals surface area contributed by atoms with Crippen LogP contribution in [0, 0.1) is 11.8 Å². The number of aromatic nitrogens is 2. The Kier molecular flexibility index (Phi) is 5.18. The van der Waals surface area contributed by atoms with Crippen LogP contribution in [-0.4, -0.2) is 57.4 Å². The van der Waals surface area contributed by atoms with Crippen molar-refractivity contribution in [1.29, 1.82) is 0 Å². The predicted molar refractivity (Wildman–Crippen MR) is 125 cm³/mol. The Bertz CT molecular complexity index is 1000. The van der Waals surface area contributed by atoms with Crippen LogP contribution in [0.25, 0.3) is 0 Å². The van der Waals surface area contributed by atoms with Crippen molar-refractivity contribution in [3.63, 3.8) is 0 Å². The van der Waals surface area contributed by atoms with Crippen molar-refractivity contribution in [3.05, 3.63) is 59.9 Å². The molecule has 4 aliphatic rings. The summed E-state index contributed by atoms with van der Waals surface area (Å²) >= 11 is 0. The second kappa shape index (κ2) is 8.32. The first-order chi connectivity index (χ1) is 15.8. The SMILES string of the molecule is O=C(c1ccc(Nc2ncccn2)cc1)N1CCCC2=CC3CC(CN4CCCC[C@H]34)[C@@H]21. The van der Waals surface area contributed by atoms with E-state index in [0.717, 1.165) is 43.2 Å². The van der Waals surface area contributed by atoms with Crippen LogP contribution in [-0.2, 0) is 0 Å². The molecular formula is C26H31N5O. The molecular weight excluding hydrogens is 398 g/mol. The number of carbonyl (C=O) groups excluding carboxylic acids is 1. The van der Waals surface area contributed by atoms with Crippen LogP contribution in [0.2, 0.25) is 0 Å². The number of nitrogens with one attached hydrogen (secondary N) is 1. The molecule has 1 amide bonds. The van der Waals surface area contributed by atoms with Gasteiger partial charge in [0.1, 0.15) is 0 Å². The van der Waals surface area contributed by atoms with Gasteiger partial charge in [-0.3, -0.25) is 9.69 Å². The average molecular weight is 430 g/mol. The number of hydrogen-bond donors (Lipinski definition) is 1. The molecule has 6 heteroatoms. The van der Waals surface area contributed by atoms with Gasteiger partial charge in [-0.25, -0.2) is 9.97 Å². The van der Waals surface area contributed by atoms with Gasteiger partial charge >= 0.3 is 0 Å². The summed E-state index contributed by atoms with van der Waals surface area (Å²) in [6, 6.07) is 10.6.